The van der Waals surface area contributed by atoms with E-state index in [1.165, 1.54) is 5.56 Å². The van der Waals surface area contributed by atoms with Crippen LogP contribution in [0.2, 0.25) is 0 Å². The number of fused-ring (bicyclic) bond motifs is 2. The van der Waals surface area contributed by atoms with Crippen LogP contribution in [0.3, 0.4) is 0 Å². The standard InChI is InChI=1S/C22H23N5OS/c1-13-11-25-21-19(13)17(6-7-24-21)27-8-9-29-18(12-27)22(28)26-16-10-14-4-2-3-5-15(14)20(16)23/h2-7,11-12,16,20H,8-10,23H2,1H3,(H,24,25)(H,26,28)/t16-,20-/m0/s1. The van der Waals surface area contributed by atoms with Crippen molar-refractivity contribution in [2.45, 2.75) is 25.4 Å². The number of aromatic nitrogens is 2. The van der Waals surface area contributed by atoms with Gasteiger partial charge in [-0.05, 0) is 36.1 Å². The van der Waals surface area contributed by atoms with Gasteiger partial charge in [0.2, 0.25) is 0 Å². The second-order valence-electron chi connectivity index (χ2n) is 7.57. The molecule has 6 nitrogen and oxygen atoms in total. The van der Waals surface area contributed by atoms with Crippen molar-refractivity contribution >= 4 is 34.4 Å². The van der Waals surface area contributed by atoms with Crippen molar-refractivity contribution in [3.05, 3.63) is 70.5 Å². The van der Waals surface area contributed by atoms with E-state index in [0.717, 1.165) is 51.5 Å². The Hall–Kier alpha value is -2.77. The summed E-state index contributed by atoms with van der Waals surface area (Å²) < 4.78 is 0. The van der Waals surface area contributed by atoms with Crippen LogP contribution in [0.25, 0.3) is 11.0 Å². The molecule has 0 bridgehead atoms. The van der Waals surface area contributed by atoms with E-state index in [9.17, 15) is 4.79 Å². The number of amides is 1. The molecular weight excluding hydrogens is 382 g/mol. The van der Waals surface area contributed by atoms with Crippen LogP contribution in [0, 0.1) is 6.92 Å². The maximum atomic E-state index is 13.0. The lowest BCUT2D eigenvalue weighted by Crippen LogP contribution is -2.42. The fourth-order valence-electron chi connectivity index (χ4n) is 4.26. The largest absolute Gasteiger partial charge is 0.347 e. The number of H-pyrrole nitrogens is 1. The van der Waals surface area contributed by atoms with Crippen molar-refractivity contribution in [2.24, 2.45) is 5.73 Å². The molecule has 2 atom stereocenters. The highest BCUT2D eigenvalue weighted by Crippen LogP contribution is 2.33. The fourth-order valence-corrected chi connectivity index (χ4v) is 5.16. The molecule has 148 valence electrons. The molecule has 1 aliphatic heterocycles. The molecule has 0 saturated carbocycles. The Labute approximate surface area is 173 Å². The summed E-state index contributed by atoms with van der Waals surface area (Å²) in [6.45, 7) is 2.92. The smallest absolute Gasteiger partial charge is 0.259 e. The molecule has 0 unspecified atom stereocenters. The highest BCUT2D eigenvalue weighted by molar-refractivity contribution is 8.04. The minimum atomic E-state index is -0.164. The minimum absolute atomic E-state index is 0.0518. The predicted molar refractivity (Wildman–Crippen MR) is 118 cm³/mol. The molecule has 5 rings (SSSR count). The van der Waals surface area contributed by atoms with Gasteiger partial charge in [-0.1, -0.05) is 24.3 Å². The molecule has 0 fully saturated rings. The Morgan fingerprint density at radius 3 is 3.07 bits per heavy atom. The van der Waals surface area contributed by atoms with E-state index in [2.05, 4.69) is 39.2 Å². The van der Waals surface area contributed by atoms with Crippen molar-refractivity contribution in [2.75, 3.05) is 17.2 Å². The monoisotopic (exact) mass is 405 g/mol. The van der Waals surface area contributed by atoms with Gasteiger partial charge in [0, 0.05) is 36.3 Å². The molecule has 2 aromatic heterocycles. The summed E-state index contributed by atoms with van der Waals surface area (Å²) in [5.74, 6) is 0.799. The lowest BCUT2D eigenvalue weighted by Gasteiger charge is -2.27. The summed E-state index contributed by atoms with van der Waals surface area (Å²) in [4.78, 5) is 23.5. The lowest BCUT2D eigenvalue weighted by atomic mass is 10.1. The molecule has 0 saturated heterocycles. The van der Waals surface area contributed by atoms with Gasteiger partial charge in [-0.3, -0.25) is 4.79 Å². The summed E-state index contributed by atoms with van der Waals surface area (Å²) in [5.41, 5.74) is 11.8. The number of anilines is 1. The van der Waals surface area contributed by atoms with Gasteiger partial charge in [-0.25, -0.2) is 4.98 Å². The zero-order chi connectivity index (χ0) is 20.0. The second-order valence-corrected chi connectivity index (χ2v) is 8.71. The number of aryl methyl sites for hydroxylation is 1. The molecule has 4 N–H and O–H groups in total. The van der Waals surface area contributed by atoms with Crippen LogP contribution in [0.4, 0.5) is 5.69 Å². The third-order valence-corrected chi connectivity index (χ3v) is 6.74. The molecule has 1 aromatic carbocycles. The molecule has 1 aliphatic carbocycles. The van der Waals surface area contributed by atoms with Crippen LogP contribution < -0.4 is 16.0 Å². The Kier molecular flexibility index (Phi) is 4.56. The van der Waals surface area contributed by atoms with E-state index in [4.69, 9.17) is 5.73 Å². The van der Waals surface area contributed by atoms with Gasteiger partial charge < -0.3 is 20.9 Å². The first-order valence-electron chi connectivity index (χ1n) is 9.80. The van der Waals surface area contributed by atoms with Gasteiger partial charge in [0.25, 0.3) is 5.91 Å². The number of hydrogen-bond donors (Lipinski definition) is 3. The topological polar surface area (TPSA) is 87.0 Å². The van der Waals surface area contributed by atoms with E-state index >= 15 is 0 Å². The summed E-state index contributed by atoms with van der Waals surface area (Å²) in [6, 6.07) is 9.93. The summed E-state index contributed by atoms with van der Waals surface area (Å²) in [6.07, 6.45) is 6.50. The first kappa shape index (κ1) is 18.3. The lowest BCUT2D eigenvalue weighted by molar-refractivity contribution is -0.117. The maximum Gasteiger partial charge on any atom is 0.259 e. The molecule has 3 aromatic rings. The predicted octanol–water partition coefficient (Wildman–Crippen LogP) is 3.01. The molecule has 29 heavy (non-hydrogen) atoms. The zero-order valence-corrected chi connectivity index (χ0v) is 17.0. The zero-order valence-electron chi connectivity index (χ0n) is 16.2. The van der Waals surface area contributed by atoms with Crippen molar-refractivity contribution in [1.29, 1.82) is 0 Å². The molecule has 7 heteroatoms. The number of pyridine rings is 1. The number of rotatable bonds is 3. The SMILES string of the molecule is Cc1c[nH]c2nccc(N3C=C(C(=O)N[C@H]4Cc5ccccc5[C@@H]4N)SCC3)c12. The molecule has 2 aliphatic rings. The Morgan fingerprint density at radius 2 is 2.21 bits per heavy atom. The van der Waals surface area contributed by atoms with Crippen LogP contribution in [-0.2, 0) is 11.2 Å². The Morgan fingerprint density at radius 1 is 1.34 bits per heavy atom. The van der Waals surface area contributed by atoms with Crippen LogP contribution in [0.5, 0.6) is 0 Å². The van der Waals surface area contributed by atoms with E-state index < -0.39 is 0 Å². The van der Waals surface area contributed by atoms with E-state index in [0.29, 0.717) is 0 Å². The van der Waals surface area contributed by atoms with Crippen LogP contribution >= 0.6 is 11.8 Å². The molecular formula is C22H23N5OS. The number of thioether (sulfide) groups is 1. The molecule has 3 heterocycles. The quantitative estimate of drug-likeness (QED) is 0.624. The van der Waals surface area contributed by atoms with Gasteiger partial charge in [0.15, 0.2) is 0 Å². The second kappa shape index (κ2) is 7.24. The van der Waals surface area contributed by atoms with Crippen molar-refractivity contribution in [1.82, 2.24) is 15.3 Å². The number of benzene rings is 1. The first-order chi connectivity index (χ1) is 14.1. The van der Waals surface area contributed by atoms with E-state index in [-0.39, 0.29) is 18.0 Å². The molecule has 0 radical (unpaired) electrons. The number of carbonyl (C=O) groups is 1. The third kappa shape index (κ3) is 3.20. The molecule has 0 spiro atoms. The van der Waals surface area contributed by atoms with Crippen LogP contribution in [0.1, 0.15) is 22.7 Å². The van der Waals surface area contributed by atoms with Crippen LogP contribution in [0.15, 0.2) is 53.8 Å². The molecule has 1 amide bonds. The van der Waals surface area contributed by atoms with Gasteiger partial charge in [-0.15, -0.1) is 11.8 Å². The average Bonchev–Trinajstić information content (AvgIpc) is 3.28. The van der Waals surface area contributed by atoms with Crippen molar-refractivity contribution in [3.8, 4) is 0 Å². The summed E-state index contributed by atoms with van der Waals surface area (Å²) >= 11 is 1.59. The average molecular weight is 406 g/mol. The summed E-state index contributed by atoms with van der Waals surface area (Å²) in [7, 11) is 0. The minimum Gasteiger partial charge on any atom is -0.347 e. The van der Waals surface area contributed by atoms with Crippen LogP contribution in [-0.4, -0.2) is 34.2 Å². The fraction of sp³-hybridized carbons (Fsp3) is 0.273. The van der Waals surface area contributed by atoms with Gasteiger partial charge >= 0.3 is 0 Å². The Balaban J connectivity index is 1.38. The maximum absolute atomic E-state index is 13.0. The number of nitrogens with two attached hydrogens (primary N) is 1. The van der Waals surface area contributed by atoms with E-state index in [1.807, 2.05) is 30.6 Å². The Bertz CT molecular complexity index is 1120. The normalized spacial score (nSPS) is 21.2. The van der Waals surface area contributed by atoms with Gasteiger partial charge in [0.05, 0.1) is 22.7 Å². The third-order valence-electron chi connectivity index (χ3n) is 5.75. The van der Waals surface area contributed by atoms with Crippen molar-refractivity contribution in [3.63, 3.8) is 0 Å². The number of nitrogens with one attached hydrogen (secondary N) is 2. The van der Waals surface area contributed by atoms with Gasteiger partial charge in [0.1, 0.15) is 5.65 Å². The number of hydrogen-bond acceptors (Lipinski definition) is 5. The number of aromatic amines is 1. The highest BCUT2D eigenvalue weighted by Gasteiger charge is 2.31. The van der Waals surface area contributed by atoms with Crippen molar-refractivity contribution < 1.29 is 4.79 Å². The van der Waals surface area contributed by atoms with E-state index in [1.54, 1.807) is 18.0 Å². The number of nitrogens with zero attached hydrogens (tertiary/aromatic N) is 2. The van der Waals surface area contributed by atoms with Gasteiger partial charge in [-0.2, -0.15) is 0 Å². The highest BCUT2D eigenvalue weighted by atomic mass is 32.2. The summed E-state index contributed by atoms with van der Waals surface area (Å²) in [5, 5.41) is 4.26. The first-order valence-corrected chi connectivity index (χ1v) is 10.8. The number of carbonyl (C=O) groups excluding carboxylic acids is 1.